The Kier molecular flexibility index (Phi) is 9.19. The average Bonchev–Trinajstić information content (AvgIpc) is 3.08. The van der Waals surface area contributed by atoms with E-state index >= 15 is 0 Å². The molecule has 3 amide bonds. The number of likely N-dealkylation sites (tertiary alicyclic amines) is 1. The van der Waals surface area contributed by atoms with Crippen LogP contribution in [-0.4, -0.2) is 63.7 Å². The lowest BCUT2D eigenvalue weighted by Crippen LogP contribution is -2.56. The number of carbonyl (C=O) groups excluding carboxylic acids is 2. The van der Waals surface area contributed by atoms with E-state index < -0.39 is 11.1 Å². The predicted octanol–water partition coefficient (Wildman–Crippen LogP) is 5.79. The zero-order valence-corrected chi connectivity index (χ0v) is 23.2. The van der Waals surface area contributed by atoms with Gasteiger partial charge in [-0.1, -0.05) is 37.8 Å². The minimum atomic E-state index is -0.661. The second-order valence-electron chi connectivity index (χ2n) is 12.9. The molecule has 2 aliphatic carbocycles. The lowest BCUT2D eigenvalue weighted by molar-refractivity contribution is -0.133. The van der Waals surface area contributed by atoms with E-state index in [0.717, 1.165) is 70.4 Å². The van der Waals surface area contributed by atoms with Crippen molar-refractivity contribution in [3.05, 3.63) is 11.6 Å². The van der Waals surface area contributed by atoms with Crippen LogP contribution in [0.4, 0.5) is 4.79 Å². The highest BCUT2D eigenvalue weighted by atomic mass is 16.3. The fourth-order valence-corrected chi connectivity index (χ4v) is 7.17. The molecular formula is C30H51N3O3. The van der Waals surface area contributed by atoms with E-state index in [9.17, 15) is 14.7 Å². The Morgan fingerprint density at radius 1 is 1.11 bits per heavy atom. The summed E-state index contributed by atoms with van der Waals surface area (Å²) < 4.78 is 0. The van der Waals surface area contributed by atoms with Crippen molar-refractivity contribution >= 4 is 11.9 Å². The molecule has 204 valence electrons. The van der Waals surface area contributed by atoms with Gasteiger partial charge in [-0.25, -0.2) is 4.79 Å². The molecule has 2 aliphatic heterocycles. The zero-order valence-electron chi connectivity index (χ0n) is 23.2. The van der Waals surface area contributed by atoms with Gasteiger partial charge in [-0.3, -0.25) is 9.69 Å². The minimum absolute atomic E-state index is 0.0419. The first kappa shape index (κ1) is 27.6. The highest BCUT2D eigenvalue weighted by Gasteiger charge is 2.52. The lowest BCUT2D eigenvalue weighted by atomic mass is 9.81. The number of hydrogen-bond donors (Lipinski definition) is 2. The van der Waals surface area contributed by atoms with Crippen LogP contribution in [-0.2, 0) is 4.79 Å². The number of hydrogen-bond acceptors (Lipinski definition) is 4. The largest absolute Gasteiger partial charge is 0.390 e. The van der Waals surface area contributed by atoms with Gasteiger partial charge >= 0.3 is 6.03 Å². The molecule has 36 heavy (non-hydrogen) atoms. The first-order valence-corrected chi connectivity index (χ1v) is 15.0. The van der Waals surface area contributed by atoms with Gasteiger partial charge in [0.05, 0.1) is 5.60 Å². The van der Waals surface area contributed by atoms with Gasteiger partial charge in [0, 0.05) is 25.7 Å². The molecule has 0 aromatic carbocycles. The first-order valence-electron chi connectivity index (χ1n) is 15.0. The van der Waals surface area contributed by atoms with Gasteiger partial charge in [-0.05, 0) is 103 Å². The van der Waals surface area contributed by atoms with E-state index in [1.165, 1.54) is 44.9 Å². The Morgan fingerprint density at radius 3 is 2.44 bits per heavy atom. The van der Waals surface area contributed by atoms with Gasteiger partial charge in [0.25, 0.3) is 5.91 Å². The molecular weight excluding hydrogens is 450 g/mol. The maximum atomic E-state index is 13.4. The summed E-state index contributed by atoms with van der Waals surface area (Å²) in [6.07, 6.45) is 19.1. The number of imide groups is 1. The molecule has 6 nitrogen and oxygen atoms in total. The van der Waals surface area contributed by atoms with Crippen LogP contribution in [0.3, 0.4) is 0 Å². The summed E-state index contributed by atoms with van der Waals surface area (Å²) in [5.41, 5.74) is 0.363. The number of nitrogens with one attached hydrogen (secondary N) is 1. The maximum Gasteiger partial charge on any atom is 0.325 e. The second kappa shape index (κ2) is 12.0. The summed E-state index contributed by atoms with van der Waals surface area (Å²) in [5.74, 6) is 1.27. The van der Waals surface area contributed by atoms with Crippen molar-refractivity contribution in [2.24, 2.45) is 11.8 Å². The number of aliphatic hydroxyl groups is 1. The molecule has 0 aromatic rings. The fourth-order valence-electron chi connectivity index (χ4n) is 7.17. The van der Waals surface area contributed by atoms with Gasteiger partial charge < -0.3 is 15.3 Å². The van der Waals surface area contributed by atoms with Crippen LogP contribution in [0, 0.1) is 11.8 Å². The van der Waals surface area contributed by atoms with Crippen LogP contribution in [0.1, 0.15) is 117 Å². The predicted molar refractivity (Wildman–Crippen MR) is 145 cm³/mol. The molecule has 2 atom stereocenters. The second-order valence-corrected chi connectivity index (χ2v) is 12.9. The van der Waals surface area contributed by atoms with Crippen molar-refractivity contribution in [3.63, 3.8) is 0 Å². The van der Waals surface area contributed by atoms with Crippen molar-refractivity contribution in [1.29, 1.82) is 0 Å². The molecule has 2 heterocycles. The highest BCUT2D eigenvalue weighted by Crippen LogP contribution is 2.36. The number of carbonyl (C=O) groups is 2. The number of allylic oxidation sites excluding steroid dienone is 2. The van der Waals surface area contributed by atoms with Crippen LogP contribution in [0.15, 0.2) is 11.6 Å². The summed E-state index contributed by atoms with van der Waals surface area (Å²) in [5, 5.41) is 13.1. The van der Waals surface area contributed by atoms with Gasteiger partial charge in [-0.15, -0.1) is 0 Å². The van der Waals surface area contributed by atoms with Crippen LogP contribution >= 0.6 is 0 Å². The van der Waals surface area contributed by atoms with Gasteiger partial charge in [0.15, 0.2) is 0 Å². The standard InChI is InChI=1S/C30H51N3O3/c1-4-26(21-24-14-12-23(13-15-24)11-8-16-29(2,3)36)32-19-17-30(18-20-32)27(34)33(28(35)31-30)22-25-9-6-5-7-10-25/h12,24-26,36H,4-11,13-22H2,1-3H3,(H,31,35). The third-order valence-electron chi connectivity index (χ3n) is 9.56. The number of piperidine rings is 1. The Labute approximate surface area is 219 Å². The van der Waals surface area contributed by atoms with Gasteiger partial charge in [0.1, 0.15) is 5.54 Å². The zero-order chi connectivity index (χ0) is 25.8. The van der Waals surface area contributed by atoms with Crippen LogP contribution in [0.2, 0.25) is 0 Å². The minimum Gasteiger partial charge on any atom is -0.390 e. The SMILES string of the molecule is CCC(CC1CC=C(CCCC(C)(C)O)CC1)N1CCC2(CC1)NC(=O)N(CC1CCCCC1)C2=O. The number of urea groups is 1. The van der Waals surface area contributed by atoms with Crippen molar-refractivity contribution < 1.29 is 14.7 Å². The van der Waals surface area contributed by atoms with Crippen molar-refractivity contribution in [1.82, 2.24) is 15.1 Å². The summed E-state index contributed by atoms with van der Waals surface area (Å²) in [6.45, 7) is 8.50. The van der Waals surface area contributed by atoms with E-state index in [-0.39, 0.29) is 11.9 Å². The molecule has 1 saturated carbocycles. The number of rotatable bonds is 10. The molecule has 2 N–H and O–H groups in total. The molecule has 6 heteroatoms. The number of amides is 3. The molecule has 2 saturated heterocycles. The Morgan fingerprint density at radius 2 is 1.83 bits per heavy atom. The van der Waals surface area contributed by atoms with Crippen LogP contribution in [0.5, 0.6) is 0 Å². The van der Waals surface area contributed by atoms with Crippen molar-refractivity contribution in [2.45, 2.75) is 134 Å². The smallest absolute Gasteiger partial charge is 0.325 e. The quantitative estimate of drug-likeness (QED) is 0.294. The van der Waals surface area contributed by atoms with E-state index in [4.69, 9.17) is 0 Å². The first-order chi connectivity index (χ1) is 17.2. The summed E-state index contributed by atoms with van der Waals surface area (Å²) in [7, 11) is 0. The summed E-state index contributed by atoms with van der Waals surface area (Å²) in [6, 6.07) is 0.404. The third kappa shape index (κ3) is 6.92. The molecule has 4 aliphatic rings. The maximum absolute atomic E-state index is 13.4. The number of nitrogens with zero attached hydrogens (tertiary/aromatic N) is 2. The average molecular weight is 502 g/mol. The molecule has 0 aromatic heterocycles. The monoisotopic (exact) mass is 501 g/mol. The van der Waals surface area contributed by atoms with E-state index in [1.54, 1.807) is 10.5 Å². The lowest BCUT2D eigenvalue weighted by Gasteiger charge is -2.42. The normalized spacial score (nSPS) is 26.8. The van der Waals surface area contributed by atoms with Crippen molar-refractivity contribution in [3.8, 4) is 0 Å². The Hall–Kier alpha value is -1.40. The van der Waals surface area contributed by atoms with E-state index in [0.29, 0.717) is 18.5 Å². The molecule has 0 bridgehead atoms. The van der Waals surface area contributed by atoms with Crippen LogP contribution in [0.25, 0.3) is 0 Å². The van der Waals surface area contributed by atoms with Crippen LogP contribution < -0.4 is 5.32 Å². The Bertz CT molecular complexity index is 788. The molecule has 2 unspecified atom stereocenters. The topological polar surface area (TPSA) is 72.9 Å². The molecule has 1 spiro atoms. The fraction of sp³-hybridized carbons (Fsp3) is 0.867. The molecule has 4 rings (SSSR count). The van der Waals surface area contributed by atoms with Crippen molar-refractivity contribution in [2.75, 3.05) is 19.6 Å². The molecule has 3 fully saturated rings. The molecule has 0 radical (unpaired) electrons. The van der Waals surface area contributed by atoms with Gasteiger partial charge in [0.2, 0.25) is 0 Å². The van der Waals surface area contributed by atoms with E-state index in [1.807, 2.05) is 13.8 Å². The summed E-state index contributed by atoms with van der Waals surface area (Å²) >= 11 is 0. The highest BCUT2D eigenvalue weighted by molar-refractivity contribution is 6.07. The summed E-state index contributed by atoms with van der Waals surface area (Å²) in [4.78, 5) is 30.3. The third-order valence-corrected chi connectivity index (χ3v) is 9.56. The van der Waals surface area contributed by atoms with Gasteiger partial charge in [-0.2, -0.15) is 0 Å². The van der Waals surface area contributed by atoms with E-state index in [2.05, 4.69) is 23.2 Å². The Balaban J connectivity index is 1.24.